The van der Waals surface area contributed by atoms with E-state index in [9.17, 15) is 10.1 Å². The van der Waals surface area contributed by atoms with E-state index in [2.05, 4.69) is 21.8 Å². The van der Waals surface area contributed by atoms with Gasteiger partial charge >= 0.3 is 6.09 Å². The summed E-state index contributed by atoms with van der Waals surface area (Å²) in [5.41, 5.74) is 3.70. The fourth-order valence-corrected chi connectivity index (χ4v) is 4.09. The summed E-state index contributed by atoms with van der Waals surface area (Å²) in [5.74, 6) is 1.44. The summed E-state index contributed by atoms with van der Waals surface area (Å²) in [6, 6.07) is 19.2. The second-order valence-corrected chi connectivity index (χ2v) is 8.43. The lowest BCUT2D eigenvalue weighted by Crippen LogP contribution is -2.21. The van der Waals surface area contributed by atoms with Gasteiger partial charge in [-0.2, -0.15) is 10.4 Å². The Morgan fingerprint density at radius 3 is 2.69 bits per heavy atom. The van der Waals surface area contributed by atoms with Crippen molar-refractivity contribution in [1.82, 2.24) is 9.61 Å². The highest BCUT2D eigenvalue weighted by Crippen LogP contribution is 2.33. The summed E-state index contributed by atoms with van der Waals surface area (Å²) in [4.78, 5) is 12.4. The molecule has 0 bridgehead atoms. The maximum atomic E-state index is 12.4. The first-order valence-corrected chi connectivity index (χ1v) is 11.7. The molecule has 2 N–H and O–H groups in total. The number of hydrogen-bond donors (Lipinski definition) is 2. The number of para-hydroxylation sites is 1. The van der Waals surface area contributed by atoms with Crippen molar-refractivity contribution in [1.29, 1.82) is 5.26 Å². The van der Waals surface area contributed by atoms with Crippen molar-refractivity contribution < 1.29 is 19.0 Å². The molecule has 1 atom stereocenters. The predicted octanol–water partition coefficient (Wildman–Crippen LogP) is 5.78. The fourth-order valence-electron chi connectivity index (χ4n) is 4.09. The van der Waals surface area contributed by atoms with Crippen molar-refractivity contribution in [2.75, 3.05) is 23.8 Å². The van der Waals surface area contributed by atoms with Gasteiger partial charge in [-0.05, 0) is 56.2 Å². The topological polar surface area (TPSA) is 110 Å². The predicted molar refractivity (Wildman–Crippen MR) is 135 cm³/mol. The highest BCUT2D eigenvalue weighted by atomic mass is 16.6. The zero-order valence-electron chi connectivity index (χ0n) is 19.7. The normalized spacial score (nSPS) is 14.8. The molecular weight excluding hydrogens is 458 g/mol. The summed E-state index contributed by atoms with van der Waals surface area (Å²) in [6.45, 7) is 2.77. The Bertz CT molecular complexity index is 1400. The molecule has 1 unspecified atom stereocenters. The average Bonchev–Trinajstić information content (AvgIpc) is 3.53. The molecule has 5 rings (SSSR count). The third kappa shape index (κ3) is 5.09. The van der Waals surface area contributed by atoms with Gasteiger partial charge < -0.3 is 19.5 Å². The summed E-state index contributed by atoms with van der Waals surface area (Å²) in [7, 11) is 0. The van der Waals surface area contributed by atoms with Gasteiger partial charge in [0.25, 0.3) is 0 Å². The number of amides is 1. The Morgan fingerprint density at radius 2 is 1.97 bits per heavy atom. The monoisotopic (exact) mass is 483 g/mol. The number of carbonyl (C=O) groups excluding carboxylic acids is 1. The molecule has 2 aromatic carbocycles. The number of ether oxygens (including phenoxy) is 3. The second-order valence-electron chi connectivity index (χ2n) is 8.43. The van der Waals surface area contributed by atoms with Crippen LogP contribution in [0.5, 0.6) is 11.5 Å². The van der Waals surface area contributed by atoms with Gasteiger partial charge in [-0.3, -0.25) is 5.32 Å². The molecule has 36 heavy (non-hydrogen) atoms. The SMILES string of the molecule is Cc1c(NC(=O)OCC2CCCO2)cn2ncc(C#N)c(Nc3ccc(Oc4ccccc4)cc3)c12. The molecule has 2 aromatic heterocycles. The van der Waals surface area contributed by atoms with Crippen LogP contribution in [0, 0.1) is 18.3 Å². The minimum Gasteiger partial charge on any atom is -0.457 e. The van der Waals surface area contributed by atoms with Gasteiger partial charge in [-0.25, -0.2) is 9.31 Å². The van der Waals surface area contributed by atoms with Gasteiger partial charge in [0.1, 0.15) is 24.2 Å². The fraction of sp³-hybridized carbons (Fsp3) is 0.222. The van der Waals surface area contributed by atoms with Crippen LogP contribution in [0.3, 0.4) is 0 Å². The third-order valence-electron chi connectivity index (χ3n) is 5.94. The number of nitrogens with zero attached hydrogens (tertiary/aromatic N) is 3. The van der Waals surface area contributed by atoms with Crippen LogP contribution < -0.4 is 15.4 Å². The minimum atomic E-state index is -0.562. The molecule has 182 valence electrons. The van der Waals surface area contributed by atoms with Crippen LogP contribution in [0.2, 0.25) is 0 Å². The molecule has 1 aliphatic heterocycles. The Hall–Kier alpha value is -4.55. The number of aryl methyl sites for hydroxylation is 1. The highest BCUT2D eigenvalue weighted by molar-refractivity contribution is 5.92. The molecule has 0 saturated carbocycles. The quantitative estimate of drug-likeness (QED) is 0.343. The first-order valence-electron chi connectivity index (χ1n) is 11.7. The molecule has 0 radical (unpaired) electrons. The summed E-state index contributed by atoms with van der Waals surface area (Å²) in [6.07, 6.45) is 4.43. The van der Waals surface area contributed by atoms with Crippen LogP contribution in [0.15, 0.2) is 67.0 Å². The Morgan fingerprint density at radius 1 is 1.19 bits per heavy atom. The maximum Gasteiger partial charge on any atom is 0.411 e. The lowest BCUT2D eigenvalue weighted by molar-refractivity contribution is 0.0484. The number of benzene rings is 2. The van der Waals surface area contributed by atoms with Crippen molar-refractivity contribution in [2.24, 2.45) is 0 Å². The number of carbonyl (C=O) groups is 1. The lowest BCUT2D eigenvalue weighted by atomic mass is 10.1. The van der Waals surface area contributed by atoms with E-state index in [4.69, 9.17) is 14.2 Å². The van der Waals surface area contributed by atoms with Gasteiger partial charge in [0.2, 0.25) is 0 Å². The molecular formula is C27H25N5O4. The maximum absolute atomic E-state index is 12.4. The molecule has 1 amide bonds. The summed E-state index contributed by atoms with van der Waals surface area (Å²) < 4.78 is 18.3. The smallest absolute Gasteiger partial charge is 0.411 e. The zero-order valence-corrected chi connectivity index (χ0v) is 19.7. The molecule has 9 nitrogen and oxygen atoms in total. The van der Waals surface area contributed by atoms with E-state index in [0.29, 0.717) is 34.8 Å². The van der Waals surface area contributed by atoms with Crippen LogP contribution in [-0.2, 0) is 9.47 Å². The van der Waals surface area contributed by atoms with Gasteiger partial charge in [-0.15, -0.1) is 0 Å². The number of nitriles is 1. The van der Waals surface area contributed by atoms with E-state index in [1.807, 2.05) is 61.5 Å². The molecule has 4 aromatic rings. The number of hydrogen-bond acceptors (Lipinski definition) is 7. The van der Waals surface area contributed by atoms with Gasteiger partial charge in [0, 0.05) is 17.9 Å². The van der Waals surface area contributed by atoms with Crippen LogP contribution >= 0.6 is 0 Å². The number of anilines is 3. The third-order valence-corrected chi connectivity index (χ3v) is 5.94. The van der Waals surface area contributed by atoms with E-state index in [0.717, 1.165) is 29.8 Å². The first-order chi connectivity index (χ1) is 17.6. The summed E-state index contributed by atoms with van der Waals surface area (Å²) in [5, 5.41) is 20.2. The largest absolute Gasteiger partial charge is 0.457 e. The van der Waals surface area contributed by atoms with Crippen molar-refractivity contribution >= 4 is 28.7 Å². The van der Waals surface area contributed by atoms with Crippen LogP contribution in [0.25, 0.3) is 5.52 Å². The first kappa shape index (κ1) is 23.2. The molecule has 1 fully saturated rings. The number of aromatic nitrogens is 2. The molecule has 1 aliphatic rings. The number of fused-ring (bicyclic) bond motifs is 1. The Balaban J connectivity index is 1.35. The van der Waals surface area contributed by atoms with Crippen molar-refractivity contribution in [3.05, 3.63) is 78.1 Å². The van der Waals surface area contributed by atoms with E-state index in [1.54, 1.807) is 10.7 Å². The molecule has 0 aliphatic carbocycles. The molecule has 9 heteroatoms. The molecule has 3 heterocycles. The zero-order chi connectivity index (χ0) is 24.9. The van der Waals surface area contributed by atoms with E-state index >= 15 is 0 Å². The van der Waals surface area contributed by atoms with Crippen molar-refractivity contribution in [3.8, 4) is 17.6 Å². The Labute approximate surface area is 208 Å². The van der Waals surface area contributed by atoms with Gasteiger partial charge in [0.05, 0.1) is 41.0 Å². The van der Waals surface area contributed by atoms with Crippen LogP contribution in [0.4, 0.5) is 21.9 Å². The second kappa shape index (κ2) is 10.4. The lowest BCUT2D eigenvalue weighted by Gasteiger charge is -2.12. The molecule has 1 saturated heterocycles. The summed E-state index contributed by atoms with van der Waals surface area (Å²) >= 11 is 0. The minimum absolute atomic E-state index is 0.0508. The number of nitrogens with one attached hydrogen (secondary N) is 2. The Kier molecular flexibility index (Phi) is 6.69. The van der Waals surface area contributed by atoms with Gasteiger partial charge in [0.15, 0.2) is 0 Å². The van der Waals surface area contributed by atoms with E-state index < -0.39 is 6.09 Å². The van der Waals surface area contributed by atoms with Crippen LogP contribution in [0.1, 0.15) is 24.0 Å². The van der Waals surface area contributed by atoms with E-state index in [1.165, 1.54) is 6.20 Å². The highest BCUT2D eigenvalue weighted by Gasteiger charge is 2.20. The standard InChI is InChI=1S/C27H25N5O4/c1-18-24(31-27(33)35-17-23-8-5-13-34-23)16-32-26(18)25(19(14-28)15-29-32)30-20-9-11-22(12-10-20)36-21-6-3-2-4-7-21/h2-4,6-7,9-12,15-16,23,30H,5,8,13,17H2,1H3,(H,31,33). The van der Waals surface area contributed by atoms with Crippen LogP contribution in [-0.4, -0.2) is 35.0 Å². The van der Waals surface area contributed by atoms with Crippen molar-refractivity contribution in [3.63, 3.8) is 0 Å². The van der Waals surface area contributed by atoms with Gasteiger partial charge in [-0.1, -0.05) is 18.2 Å². The molecule has 0 spiro atoms. The average molecular weight is 484 g/mol. The van der Waals surface area contributed by atoms with E-state index in [-0.39, 0.29) is 12.7 Å². The van der Waals surface area contributed by atoms with Crippen molar-refractivity contribution in [2.45, 2.75) is 25.9 Å². The number of rotatable bonds is 7.